The highest BCUT2D eigenvalue weighted by Gasteiger charge is 2.11. The SMILES string of the molecule is Cc1ccc(CC(C)NC(C)c2cscn2)s1. The zero-order chi connectivity index (χ0) is 12.3. The van der Waals surface area contributed by atoms with Crippen LogP contribution in [0.5, 0.6) is 0 Å². The van der Waals surface area contributed by atoms with E-state index in [1.54, 1.807) is 11.3 Å². The number of hydrogen-bond donors (Lipinski definition) is 1. The second-order valence-electron chi connectivity index (χ2n) is 4.42. The molecule has 0 aromatic carbocycles. The number of aryl methyl sites for hydroxylation is 1. The molecular formula is C13H18N2S2. The normalized spacial score (nSPS) is 14.8. The molecule has 0 saturated heterocycles. The van der Waals surface area contributed by atoms with Crippen LogP contribution in [0, 0.1) is 6.92 Å². The summed E-state index contributed by atoms with van der Waals surface area (Å²) < 4.78 is 0. The molecule has 2 nitrogen and oxygen atoms in total. The predicted octanol–water partition coefficient (Wildman–Crippen LogP) is 3.79. The zero-order valence-electron chi connectivity index (χ0n) is 10.4. The minimum Gasteiger partial charge on any atom is -0.306 e. The monoisotopic (exact) mass is 266 g/mol. The lowest BCUT2D eigenvalue weighted by Crippen LogP contribution is -2.30. The van der Waals surface area contributed by atoms with Crippen LogP contribution in [0.15, 0.2) is 23.0 Å². The Balaban J connectivity index is 1.87. The highest BCUT2D eigenvalue weighted by atomic mass is 32.1. The van der Waals surface area contributed by atoms with Gasteiger partial charge in [-0.15, -0.1) is 22.7 Å². The molecule has 2 aromatic rings. The lowest BCUT2D eigenvalue weighted by atomic mass is 10.1. The molecule has 0 spiro atoms. The van der Waals surface area contributed by atoms with E-state index in [-0.39, 0.29) is 0 Å². The van der Waals surface area contributed by atoms with E-state index in [1.807, 2.05) is 16.8 Å². The summed E-state index contributed by atoms with van der Waals surface area (Å²) in [5.41, 5.74) is 3.03. The standard InChI is InChI=1S/C13H18N2S2/c1-9(6-12-5-4-10(2)17-12)15-11(3)13-7-16-8-14-13/h4-5,7-9,11,15H,6H2,1-3H3. The lowest BCUT2D eigenvalue weighted by molar-refractivity contribution is 0.473. The average molecular weight is 266 g/mol. The molecule has 0 fully saturated rings. The molecule has 2 heterocycles. The number of nitrogens with one attached hydrogen (secondary N) is 1. The molecule has 0 aliphatic rings. The van der Waals surface area contributed by atoms with Gasteiger partial charge in [-0.1, -0.05) is 0 Å². The van der Waals surface area contributed by atoms with Crippen LogP contribution in [0.1, 0.15) is 35.3 Å². The van der Waals surface area contributed by atoms with Gasteiger partial charge < -0.3 is 5.32 Å². The number of aromatic nitrogens is 1. The van der Waals surface area contributed by atoms with Crippen LogP contribution >= 0.6 is 22.7 Å². The van der Waals surface area contributed by atoms with Gasteiger partial charge in [0.05, 0.1) is 11.2 Å². The van der Waals surface area contributed by atoms with Gasteiger partial charge in [0.15, 0.2) is 0 Å². The number of thiophene rings is 1. The minimum atomic E-state index is 0.331. The molecule has 4 heteroatoms. The fourth-order valence-electron chi connectivity index (χ4n) is 1.90. The maximum Gasteiger partial charge on any atom is 0.0795 e. The van der Waals surface area contributed by atoms with Gasteiger partial charge in [0.1, 0.15) is 0 Å². The molecule has 0 bridgehead atoms. The third-order valence-electron chi connectivity index (χ3n) is 2.73. The van der Waals surface area contributed by atoms with E-state index in [1.165, 1.54) is 9.75 Å². The molecule has 2 atom stereocenters. The Kier molecular flexibility index (Phi) is 4.31. The van der Waals surface area contributed by atoms with E-state index >= 15 is 0 Å². The van der Waals surface area contributed by atoms with Gasteiger partial charge in [-0.25, -0.2) is 4.98 Å². The number of hydrogen-bond acceptors (Lipinski definition) is 4. The Bertz CT molecular complexity index is 448. The van der Waals surface area contributed by atoms with Crippen molar-refractivity contribution in [3.63, 3.8) is 0 Å². The van der Waals surface area contributed by atoms with Gasteiger partial charge in [-0.3, -0.25) is 0 Å². The summed E-state index contributed by atoms with van der Waals surface area (Å²) in [7, 11) is 0. The van der Waals surface area contributed by atoms with Crippen molar-refractivity contribution >= 4 is 22.7 Å². The van der Waals surface area contributed by atoms with E-state index in [2.05, 4.69) is 48.6 Å². The predicted molar refractivity (Wildman–Crippen MR) is 75.9 cm³/mol. The molecule has 2 unspecified atom stereocenters. The van der Waals surface area contributed by atoms with Crippen molar-refractivity contribution in [2.75, 3.05) is 0 Å². The number of nitrogens with zero attached hydrogens (tertiary/aromatic N) is 1. The van der Waals surface area contributed by atoms with E-state index < -0.39 is 0 Å². The second kappa shape index (κ2) is 5.76. The molecule has 0 aliphatic carbocycles. The van der Waals surface area contributed by atoms with Crippen LogP contribution in [0.4, 0.5) is 0 Å². The third-order valence-corrected chi connectivity index (χ3v) is 4.36. The van der Waals surface area contributed by atoms with Crippen LogP contribution in [0.3, 0.4) is 0 Å². The molecule has 2 aromatic heterocycles. The van der Waals surface area contributed by atoms with E-state index in [4.69, 9.17) is 0 Å². The molecule has 0 amide bonds. The first-order chi connectivity index (χ1) is 8.15. The van der Waals surface area contributed by atoms with Crippen LogP contribution in [-0.2, 0) is 6.42 Å². The van der Waals surface area contributed by atoms with Crippen molar-refractivity contribution in [2.24, 2.45) is 0 Å². The van der Waals surface area contributed by atoms with Crippen LogP contribution in [0.25, 0.3) is 0 Å². The van der Waals surface area contributed by atoms with Crippen LogP contribution < -0.4 is 5.32 Å². The van der Waals surface area contributed by atoms with Crippen LogP contribution in [-0.4, -0.2) is 11.0 Å². The first kappa shape index (κ1) is 12.7. The smallest absolute Gasteiger partial charge is 0.0795 e. The largest absolute Gasteiger partial charge is 0.306 e. The summed E-state index contributed by atoms with van der Waals surface area (Å²) in [4.78, 5) is 7.18. The highest BCUT2D eigenvalue weighted by Crippen LogP contribution is 2.18. The van der Waals surface area contributed by atoms with Gasteiger partial charge in [0.25, 0.3) is 0 Å². The summed E-state index contributed by atoms with van der Waals surface area (Å²) in [5, 5.41) is 5.70. The third kappa shape index (κ3) is 3.63. The van der Waals surface area contributed by atoms with Gasteiger partial charge in [-0.2, -0.15) is 0 Å². The molecule has 0 saturated carbocycles. The van der Waals surface area contributed by atoms with E-state index in [0.29, 0.717) is 12.1 Å². The molecule has 2 rings (SSSR count). The molecular weight excluding hydrogens is 248 g/mol. The summed E-state index contributed by atoms with van der Waals surface area (Å²) in [6.07, 6.45) is 1.09. The molecule has 0 radical (unpaired) electrons. The molecule has 92 valence electrons. The number of rotatable bonds is 5. The minimum absolute atomic E-state index is 0.331. The molecule has 0 aliphatic heterocycles. The van der Waals surface area contributed by atoms with Crippen molar-refractivity contribution in [1.82, 2.24) is 10.3 Å². The number of thiazole rings is 1. The van der Waals surface area contributed by atoms with Crippen molar-refractivity contribution in [3.8, 4) is 0 Å². The second-order valence-corrected chi connectivity index (χ2v) is 6.51. The van der Waals surface area contributed by atoms with Gasteiger partial charge in [-0.05, 0) is 39.3 Å². The first-order valence-corrected chi connectivity index (χ1v) is 7.60. The topological polar surface area (TPSA) is 24.9 Å². The summed E-state index contributed by atoms with van der Waals surface area (Å²) in [6.45, 7) is 6.56. The van der Waals surface area contributed by atoms with Crippen LogP contribution in [0.2, 0.25) is 0 Å². The molecule has 1 N–H and O–H groups in total. The van der Waals surface area contributed by atoms with Gasteiger partial charge in [0, 0.05) is 27.2 Å². The Labute approximate surface area is 111 Å². The van der Waals surface area contributed by atoms with Crippen molar-refractivity contribution in [3.05, 3.63) is 38.5 Å². The van der Waals surface area contributed by atoms with E-state index in [0.717, 1.165) is 12.1 Å². The van der Waals surface area contributed by atoms with Gasteiger partial charge in [0.2, 0.25) is 0 Å². The van der Waals surface area contributed by atoms with Crippen molar-refractivity contribution < 1.29 is 0 Å². The Morgan fingerprint density at radius 1 is 1.35 bits per heavy atom. The maximum absolute atomic E-state index is 4.34. The summed E-state index contributed by atoms with van der Waals surface area (Å²) in [5.74, 6) is 0. The fraction of sp³-hybridized carbons (Fsp3) is 0.462. The van der Waals surface area contributed by atoms with Crippen molar-refractivity contribution in [1.29, 1.82) is 0 Å². The summed E-state index contributed by atoms with van der Waals surface area (Å²) in [6, 6.07) is 5.23. The lowest BCUT2D eigenvalue weighted by Gasteiger charge is -2.18. The Hall–Kier alpha value is -0.710. The zero-order valence-corrected chi connectivity index (χ0v) is 12.1. The quantitative estimate of drug-likeness (QED) is 0.890. The molecule has 17 heavy (non-hydrogen) atoms. The van der Waals surface area contributed by atoms with Gasteiger partial charge >= 0.3 is 0 Å². The Morgan fingerprint density at radius 3 is 2.76 bits per heavy atom. The summed E-state index contributed by atoms with van der Waals surface area (Å²) >= 11 is 3.54. The van der Waals surface area contributed by atoms with E-state index in [9.17, 15) is 0 Å². The Morgan fingerprint density at radius 2 is 2.18 bits per heavy atom. The fourth-order valence-corrected chi connectivity index (χ4v) is 3.57. The first-order valence-electron chi connectivity index (χ1n) is 5.84. The average Bonchev–Trinajstić information content (AvgIpc) is 2.89. The highest BCUT2D eigenvalue weighted by molar-refractivity contribution is 7.11. The maximum atomic E-state index is 4.34. The van der Waals surface area contributed by atoms with Crippen molar-refractivity contribution in [2.45, 2.75) is 39.3 Å².